The van der Waals surface area contributed by atoms with Gasteiger partial charge in [0.2, 0.25) is 0 Å². The standard InChI is InChI=1S/C15H18ClN3O3/c1-8(13-18-14(19-22-13)15(2,3)4)21-11-6-5-9(16)7-10(11)12(17)20/h5-8H,1-4H3,(H2,17,20)/t8-/m0/s1. The van der Waals surface area contributed by atoms with Crippen molar-refractivity contribution in [3.63, 3.8) is 0 Å². The average molecular weight is 324 g/mol. The van der Waals surface area contributed by atoms with Crippen LogP contribution in [0.3, 0.4) is 0 Å². The van der Waals surface area contributed by atoms with Crippen molar-refractivity contribution in [3.8, 4) is 5.75 Å². The van der Waals surface area contributed by atoms with Gasteiger partial charge in [0.1, 0.15) is 5.75 Å². The number of nitrogens with two attached hydrogens (primary N) is 1. The van der Waals surface area contributed by atoms with E-state index in [1.807, 2.05) is 20.8 Å². The van der Waals surface area contributed by atoms with E-state index in [-0.39, 0.29) is 11.0 Å². The molecule has 0 fully saturated rings. The van der Waals surface area contributed by atoms with Crippen molar-refractivity contribution < 1.29 is 14.1 Å². The van der Waals surface area contributed by atoms with Crippen LogP contribution in [0.2, 0.25) is 5.02 Å². The summed E-state index contributed by atoms with van der Waals surface area (Å²) in [4.78, 5) is 15.8. The highest BCUT2D eigenvalue weighted by atomic mass is 35.5. The minimum Gasteiger partial charge on any atom is -0.480 e. The number of benzene rings is 1. The lowest BCUT2D eigenvalue weighted by Crippen LogP contribution is -2.15. The van der Waals surface area contributed by atoms with Crippen molar-refractivity contribution in [3.05, 3.63) is 40.5 Å². The van der Waals surface area contributed by atoms with Crippen molar-refractivity contribution in [2.75, 3.05) is 0 Å². The number of halogens is 1. The van der Waals surface area contributed by atoms with Crippen LogP contribution >= 0.6 is 11.6 Å². The van der Waals surface area contributed by atoms with Gasteiger partial charge in [0.05, 0.1) is 5.56 Å². The van der Waals surface area contributed by atoms with Gasteiger partial charge in [-0.25, -0.2) is 0 Å². The molecule has 2 aromatic rings. The molecule has 22 heavy (non-hydrogen) atoms. The Kier molecular flexibility index (Phi) is 4.42. The third-order valence-electron chi connectivity index (χ3n) is 2.97. The fourth-order valence-corrected chi connectivity index (χ4v) is 1.92. The largest absolute Gasteiger partial charge is 0.480 e. The minimum atomic E-state index is -0.620. The smallest absolute Gasteiger partial charge is 0.267 e. The molecule has 0 saturated carbocycles. The minimum absolute atomic E-state index is 0.204. The fourth-order valence-electron chi connectivity index (χ4n) is 1.74. The molecule has 1 amide bonds. The second-order valence-corrected chi connectivity index (χ2v) is 6.41. The van der Waals surface area contributed by atoms with Crippen molar-refractivity contribution >= 4 is 17.5 Å². The SMILES string of the molecule is C[C@H](Oc1ccc(Cl)cc1C(N)=O)c1nc(C(C)(C)C)no1. The first-order valence-corrected chi connectivity index (χ1v) is 7.16. The second kappa shape index (κ2) is 5.96. The molecule has 6 nitrogen and oxygen atoms in total. The van der Waals surface area contributed by atoms with Crippen molar-refractivity contribution in [2.24, 2.45) is 5.73 Å². The van der Waals surface area contributed by atoms with Gasteiger partial charge < -0.3 is 15.0 Å². The summed E-state index contributed by atoms with van der Waals surface area (Å²) >= 11 is 5.86. The van der Waals surface area contributed by atoms with Gasteiger partial charge in [0, 0.05) is 10.4 Å². The monoisotopic (exact) mass is 323 g/mol. The van der Waals surface area contributed by atoms with E-state index in [1.165, 1.54) is 6.07 Å². The summed E-state index contributed by atoms with van der Waals surface area (Å²) in [6, 6.07) is 4.66. The Bertz CT molecular complexity index is 692. The molecular formula is C15H18ClN3O3. The molecule has 7 heteroatoms. The molecule has 0 saturated heterocycles. The predicted molar refractivity (Wildman–Crippen MR) is 82.0 cm³/mol. The zero-order chi connectivity index (χ0) is 16.5. The van der Waals surface area contributed by atoms with Crippen molar-refractivity contribution in [1.29, 1.82) is 0 Å². The lowest BCUT2D eigenvalue weighted by Gasteiger charge is -2.14. The number of aromatic nitrogens is 2. The van der Waals surface area contributed by atoms with E-state index in [1.54, 1.807) is 19.1 Å². The van der Waals surface area contributed by atoms with E-state index < -0.39 is 12.0 Å². The first kappa shape index (κ1) is 16.3. The van der Waals surface area contributed by atoms with Gasteiger partial charge in [0.25, 0.3) is 11.8 Å². The van der Waals surface area contributed by atoms with Crippen molar-refractivity contribution in [1.82, 2.24) is 10.1 Å². The van der Waals surface area contributed by atoms with E-state index >= 15 is 0 Å². The van der Waals surface area contributed by atoms with Crippen LogP contribution in [0.5, 0.6) is 5.75 Å². The summed E-state index contributed by atoms with van der Waals surface area (Å²) in [5.41, 5.74) is 5.31. The number of ether oxygens (including phenoxy) is 1. The van der Waals surface area contributed by atoms with Gasteiger partial charge in [-0.1, -0.05) is 37.5 Å². The lowest BCUT2D eigenvalue weighted by atomic mass is 9.96. The van der Waals surface area contributed by atoms with Crippen LogP contribution in [-0.2, 0) is 5.41 Å². The van der Waals surface area contributed by atoms with Gasteiger partial charge in [-0.3, -0.25) is 4.79 Å². The molecule has 1 heterocycles. The maximum absolute atomic E-state index is 11.5. The summed E-state index contributed by atoms with van der Waals surface area (Å²) in [7, 11) is 0. The maximum Gasteiger partial charge on any atom is 0.267 e. The lowest BCUT2D eigenvalue weighted by molar-refractivity contribution is 0.0991. The van der Waals surface area contributed by atoms with Gasteiger partial charge in [-0.05, 0) is 25.1 Å². The molecule has 0 spiro atoms. The number of carbonyl (C=O) groups is 1. The Morgan fingerprint density at radius 3 is 2.64 bits per heavy atom. The normalized spacial score (nSPS) is 13.0. The van der Waals surface area contributed by atoms with Crippen LogP contribution in [0.25, 0.3) is 0 Å². The third-order valence-corrected chi connectivity index (χ3v) is 3.21. The summed E-state index contributed by atoms with van der Waals surface area (Å²) < 4.78 is 10.9. The number of primary amides is 1. The Labute approximate surface area is 133 Å². The van der Waals surface area contributed by atoms with E-state index in [0.717, 1.165) is 0 Å². The molecule has 0 radical (unpaired) electrons. The Morgan fingerprint density at radius 2 is 2.09 bits per heavy atom. The van der Waals surface area contributed by atoms with E-state index in [0.29, 0.717) is 22.5 Å². The molecule has 0 bridgehead atoms. The molecular weight excluding hydrogens is 306 g/mol. The summed E-state index contributed by atoms with van der Waals surface area (Å²) in [6.45, 7) is 7.70. The third kappa shape index (κ3) is 3.57. The summed E-state index contributed by atoms with van der Waals surface area (Å²) in [6.07, 6.45) is -0.525. The first-order valence-electron chi connectivity index (χ1n) is 6.78. The number of nitrogens with zero attached hydrogens (tertiary/aromatic N) is 2. The Balaban J connectivity index is 2.24. The highest BCUT2D eigenvalue weighted by Crippen LogP contribution is 2.28. The zero-order valence-electron chi connectivity index (χ0n) is 12.9. The van der Waals surface area contributed by atoms with E-state index in [4.69, 9.17) is 26.6 Å². The highest BCUT2D eigenvalue weighted by molar-refractivity contribution is 6.31. The zero-order valence-corrected chi connectivity index (χ0v) is 13.6. The summed E-state index contributed by atoms with van der Waals surface area (Å²) in [5.74, 6) is 0.616. The molecule has 0 aliphatic rings. The molecule has 0 aliphatic carbocycles. The maximum atomic E-state index is 11.5. The molecule has 1 aromatic carbocycles. The van der Waals surface area contributed by atoms with Gasteiger partial charge in [-0.2, -0.15) is 4.98 Å². The van der Waals surface area contributed by atoms with E-state index in [9.17, 15) is 4.79 Å². The van der Waals surface area contributed by atoms with Crippen LogP contribution in [0, 0.1) is 0 Å². The second-order valence-electron chi connectivity index (χ2n) is 5.97. The quantitative estimate of drug-likeness (QED) is 0.932. The molecule has 2 N–H and O–H groups in total. The summed E-state index contributed by atoms with van der Waals surface area (Å²) in [5, 5.41) is 4.35. The Morgan fingerprint density at radius 1 is 1.41 bits per heavy atom. The van der Waals surface area contributed by atoms with Gasteiger partial charge in [0.15, 0.2) is 11.9 Å². The number of hydrogen-bond donors (Lipinski definition) is 1. The molecule has 1 aromatic heterocycles. The average Bonchev–Trinajstić information content (AvgIpc) is 2.90. The van der Waals surface area contributed by atoms with Crippen molar-refractivity contribution in [2.45, 2.75) is 39.2 Å². The van der Waals surface area contributed by atoms with Gasteiger partial charge >= 0.3 is 0 Å². The van der Waals surface area contributed by atoms with Crippen LogP contribution in [0.1, 0.15) is 55.9 Å². The predicted octanol–water partition coefficient (Wildman–Crippen LogP) is 3.26. The topological polar surface area (TPSA) is 91.2 Å². The highest BCUT2D eigenvalue weighted by Gasteiger charge is 2.24. The number of rotatable bonds is 4. The van der Waals surface area contributed by atoms with Gasteiger partial charge in [-0.15, -0.1) is 0 Å². The molecule has 0 aliphatic heterocycles. The first-order chi connectivity index (χ1) is 10.2. The number of carbonyl (C=O) groups excluding carboxylic acids is 1. The van der Waals surface area contributed by atoms with Crippen LogP contribution in [0.4, 0.5) is 0 Å². The van der Waals surface area contributed by atoms with E-state index in [2.05, 4.69) is 10.1 Å². The molecule has 1 atom stereocenters. The molecule has 0 unspecified atom stereocenters. The van der Waals surface area contributed by atoms with Crippen LogP contribution in [0.15, 0.2) is 22.7 Å². The fraction of sp³-hybridized carbons (Fsp3) is 0.400. The molecule has 118 valence electrons. The van der Waals surface area contributed by atoms with Crippen LogP contribution in [-0.4, -0.2) is 16.0 Å². The Hall–Kier alpha value is -2.08. The molecule has 2 rings (SSSR count). The number of amides is 1. The number of hydrogen-bond acceptors (Lipinski definition) is 5. The van der Waals surface area contributed by atoms with Crippen LogP contribution < -0.4 is 10.5 Å².